The zero-order valence-corrected chi connectivity index (χ0v) is 16.0. The van der Waals surface area contributed by atoms with Gasteiger partial charge in [0.15, 0.2) is 0 Å². The van der Waals surface area contributed by atoms with Crippen LogP contribution in [0.25, 0.3) is 0 Å². The summed E-state index contributed by atoms with van der Waals surface area (Å²) in [5, 5.41) is 9.65. The highest BCUT2D eigenvalue weighted by molar-refractivity contribution is 5.97. The Morgan fingerprint density at radius 2 is 1.85 bits per heavy atom. The van der Waals surface area contributed by atoms with Crippen molar-refractivity contribution in [2.75, 3.05) is 18.0 Å². The van der Waals surface area contributed by atoms with Gasteiger partial charge in [-0.3, -0.25) is 4.79 Å². The molecule has 3 atom stereocenters. The van der Waals surface area contributed by atoms with Gasteiger partial charge in [0.25, 0.3) is 5.91 Å². The molecule has 27 heavy (non-hydrogen) atoms. The molecule has 146 valence electrons. The highest BCUT2D eigenvalue weighted by Gasteiger charge is 2.47. The van der Waals surface area contributed by atoms with Crippen LogP contribution in [0.4, 0.5) is 5.82 Å². The molecule has 1 N–H and O–H groups in total. The molecule has 1 aliphatic carbocycles. The molecule has 3 aliphatic rings. The average molecular weight is 371 g/mol. The number of likely N-dealkylation sites (tertiary alicyclic amines) is 1. The van der Waals surface area contributed by atoms with E-state index in [9.17, 15) is 14.7 Å². The molecule has 0 radical (unpaired) electrons. The molecule has 1 saturated carbocycles. The van der Waals surface area contributed by atoms with E-state index in [4.69, 9.17) is 0 Å². The first-order valence-corrected chi connectivity index (χ1v) is 10.3. The quantitative estimate of drug-likeness (QED) is 0.883. The van der Waals surface area contributed by atoms with Crippen molar-refractivity contribution >= 4 is 17.7 Å². The number of fused-ring (bicyclic) bond motifs is 1. The van der Waals surface area contributed by atoms with Crippen molar-refractivity contribution in [1.29, 1.82) is 0 Å². The Kier molecular flexibility index (Phi) is 5.06. The van der Waals surface area contributed by atoms with E-state index in [0.29, 0.717) is 17.9 Å². The van der Waals surface area contributed by atoms with Crippen molar-refractivity contribution in [1.82, 2.24) is 9.88 Å². The molecule has 2 saturated heterocycles. The molecular weight excluding hydrogens is 342 g/mol. The second kappa shape index (κ2) is 7.49. The fourth-order valence-corrected chi connectivity index (χ4v) is 5.06. The van der Waals surface area contributed by atoms with Gasteiger partial charge in [0.2, 0.25) is 0 Å². The second-order valence-corrected chi connectivity index (χ2v) is 8.49. The number of carbonyl (C=O) groups is 2. The lowest BCUT2D eigenvalue weighted by atomic mass is 9.84. The second-order valence-electron chi connectivity index (χ2n) is 8.49. The number of hydrogen-bond donors (Lipinski definition) is 1. The number of piperidine rings is 1. The van der Waals surface area contributed by atoms with E-state index in [2.05, 4.69) is 16.8 Å². The average Bonchev–Trinajstić information content (AvgIpc) is 3.08. The molecule has 1 aromatic rings. The number of carbonyl (C=O) groups excluding carboxylic acids is 1. The number of aromatic nitrogens is 1. The zero-order chi connectivity index (χ0) is 19.0. The fraction of sp³-hybridized carbons (Fsp3) is 0.667. The SMILES string of the molecule is CC1CCN(c2ccc(C(=O)N3C(C(=O)O)CC4CCCCC43)cn2)CC1. The molecule has 1 aromatic heterocycles. The molecule has 6 nitrogen and oxygen atoms in total. The number of nitrogens with zero attached hydrogens (tertiary/aromatic N) is 3. The van der Waals surface area contributed by atoms with Crippen LogP contribution in [0.1, 0.15) is 62.2 Å². The molecule has 2 aliphatic heterocycles. The predicted molar refractivity (Wildman–Crippen MR) is 103 cm³/mol. The fourth-order valence-electron chi connectivity index (χ4n) is 5.06. The minimum atomic E-state index is -0.884. The van der Waals surface area contributed by atoms with E-state index in [1.165, 1.54) is 12.8 Å². The van der Waals surface area contributed by atoms with Crippen molar-refractivity contribution in [2.24, 2.45) is 11.8 Å². The minimum absolute atomic E-state index is 0.0654. The van der Waals surface area contributed by atoms with Crippen molar-refractivity contribution in [3.63, 3.8) is 0 Å². The Morgan fingerprint density at radius 3 is 2.52 bits per heavy atom. The van der Waals surface area contributed by atoms with E-state index in [1.807, 2.05) is 12.1 Å². The van der Waals surface area contributed by atoms with Crippen LogP contribution in [0.15, 0.2) is 18.3 Å². The molecule has 3 unspecified atom stereocenters. The summed E-state index contributed by atoms with van der Waals surface area (Å²) < 4.78 is 0. The van der Waals surface area contributed by atoms with Gasteiger partial charge in [-0.2, -0.15) is 0 Å². The first kappa shape index (κ1) is 18.3. The van der Waals surface area contributed by atoms with E-state index in [-0.39, 0.29) is 11.9 Å². The molecule has 6 heteroatoms. The summed E-state index contributed by atoms with van der Waals surface area (Å²) in [7, 11) is 0. The molecule has 3 fully saturated rings. The highest BCUT2D eigenvalue weighted by Crippen LogP contribution is 2.40. The number of hydrogen-bond acceptors (Lipinski definition) is 4. The first-order chi connectivity index (χ1) is 13.0. The monoisotopic (exact) mass is 371 g/mol. The molecule has 0 bridgehead atoms. The highest BCUT2D eigenvalue weighted by atomic mass is 16.4. The molecule has 0 spiro atoms. The van der Waals surface area contributed by atoms with Gasteiger partial charge in [-0.25, -0.2) is 9.78 Å². The largest absolute Gasteiger partial charge is 0.480 e. The predicted octanol–water partition coefficient (Wildman–Crippen LogP) is 3.18. The van der Waals surface area contributed by atoms with Crippen molar-refractivity contribution in [3.05, 3.63) is 23.9 Å². The van der Waals surface area contributed by atoms with Crippen molar-refractivity contribution in [3.8, 4) is 0 Å². The minimum Gasteiger partial charge on any atom is -0.480 e. The van der Waals surface area contributed by atoms with Gasteiger partial charge in [-0.05, 0) is 56.1 Å². The summed E-state index contributed by atoms with van der Waals surface area (Å²) in [5.41, 5.74) is 0.501. The van der Waals surface area contributed by atoms with Gasteiger partial charge in [-0.15, -0.1) is 0 Å². The number of aliphatic carboxylic acids is 1. The molecule has 0 aromatic carbocycles. The Hall–Kier alpha value is -2.11. The van der Waals surface area contributed by atoms with E-state index >= 15 is 0 Å². The molecule has 1 amide bonds. The smallest absolute Gasteiger partial charge is 0.326 e. The zero-order valence-electron chi connectivity index (χ0n) is 16.0. The number of amides is 1. The third-order valence-electron chi connectivity index (χ3n) is 6.71. The van der Waals surface area contributed by atoms with Gasteiger partial charge >= 0.3 is 5.97 Å². The van der Waals surface area contributed by atoms with Crippen molar-refractivity contribution in [2.45, 2.75) is 64.0 Å². The maximum Gasteiger partial charge on any atom is 0.326 e. The van der Waals surface area contributed by atoms with Crippen LogP contribution in [0.3, 0.4) is 0 Å². The van der Waals surface area contributed by atoms with Gasteiger partial charge in [0.1, 0.15) is 11.9 Å². The van der Waals surface area contributed by atoms with Crippen LogP contribution >= 0.6 is 0 Å². The van der Waals surface area contributed by atoms with Crippen LogP contribution in [0.2, 0.25) is 0 Å². The summed E-state index contributed by atoms with van der Waals surface area (Å²) >= 11 is 0. The normalized spacial score (nSPS) is 28.9. The van der Waals surface area contributed by atoms with E-state index < -0.39 is 12.0 Å². The van der Waals surface area contributed by atoms with Gasteiger partial charge in [0.05, 0.1) is 5.56 Å². The maximum atomic E-state index is 13.2. The van der Waals surface area contributed by atoms with Crippen LogP contribution in [-0.4, -0.2) is 52.0 Å². The Balaban J connectivity index is 1.51. The van der Waals surface area contributed by atoms with Gasteiger partial charge in [0, 0.05) is 25.3 Å². The summed E-state index contributed by atoms with van der Waals surface area (Å²) in [6.45, 7) is 4.27. The molecule has 3 heterocycles. The number of pyridine rings is 1. The number of rotatable bonds is 3. The lowest BCUT2D eigenvalue weighted by Gasteiger charge is -2.33. The van der Waals surface area contributed by atoms with E-state index in [0.717, 1.165) is 50.5 Å². The van der Waals surface area contributed by atoms with Gasteiger partial charge < -0.3 is 14.9 Å². The molecule has 4 rings (SSSR count). The third-order valence-corrected chi connectivity index (χ3v) is 6.71. The van der Waals surface area contributed by atoms with Crippen LogP contribution in [-0.2, 0) is 4.79 Å². The number of carboxylic acid groups (broad SMARTS) is 1. The standard InChI is InChI=1S/C21H29N3O3/c1-14-8-10-23(11-9-14)19-7-6-16(13-22-19)20(25)24-17-5-3-2-4-15(17)12-18(24)21(26)27/h6-7,13-15,17-18H,2-5,8-12H2,1H3,(H,26,27). The maximum absolute atomic E-state index is 13.2. The Morgan fingerprint density at radius 1 is 1.11 bits per heavy atom. The van der Waals surface area contributed by atoms with Crippen LogP contribution < -0.4 is 4.90 Å². The number of carboxylic acids is 1. The Bertz CT molecular complexity index is 697. The Labute approximate surface area is 160 Å². The van der Waals surface area contributed by atoms with Crippen molar-refractivity contribution < 1.29 is 14.7 Å². The molecular formula is C21H29N3O3. The van der Waals surface area contributed by atoms with E-state index in [1.54, 1.807) is 11.1 Å². The third kappa shape index (κ3) is 3.54. The summed E-state index contributed by atoms with van der Waals surface area (Å²) in [5.74, 6) is 0.929. The topological polar surface area (TPSA) is 73.7 Å². The van der Waals surface area contributed by atoms with Crippen LogP contribution in [0, 0.1) is 11.8 Å². The van der Waals surface area contributed by atoms with Crippen LogP contribution in [0.5, 0.6) is 0 Å². The summed E-state index contributed by atoms with van der Waals surface area (Å²) in [6.07, 6.45) is 8.70. The summed E-state index contributed by atoms with van der Waals surface area (Å²) in [4.78, 5) is 33.4. The lowest BCUT2D eigenvalue weighted by molar-refractivity contribution is -0.141. The lowest BCUT2D eigenvalue weighted by Crippen LogP contribution is -2.46. The first-order valence-electron chi connectivity index (χ1n) is 10.3. The summed E-state index contributed by atoms with van der Waals surface area (Å²) in [6, 6.07) is 3.09. The number of anilines is 1. The van der Waals surface area contributed by atoms with Gasteiger partial charge in [-0.1, -0.05) is 19.8 Å².